The molecule has 0 saturated heterocycles. The fraction of sp³-hybridized carbons (Fsp3) is 0.562. The first kappa shape index (κ1) is 17.8. The Bertz CT molecular complexity index is 605. The number of hydrogen-bond donors (Lipinski definition) is 4. The minimum atomic E-state index is -1.07. The van der Waals surface area contributed by atoms with Crippen molar-refractivity contribution < 1.29 is 23.9 Å². The van der Waals surface area contributed by atoms with Gasteiger partial charge in [0.1, 0.15) is 17.1 Å². The molecule has 0 aliphatic heterocycles. The first-order valence-corrected chi connectivity index (χ1v) is 8.09. The number of furan rings is 1. The highest BCUT2D eigenvalue weighted by molar-refractivity contribution is 5.89. The van der Waals surface area contributed by atoms with Crippen LogP contribution in [0.5, 0.6) is 0 Å². The predicted octanol–water partition coefficient (Wildman–Crippen LogP) is 1.53. The molecule has 0 aromatic carbocycles. The molecule has 8 heteroatoms. The van der Waals surface area contributed by atoms with E-state index < -0.39 is 5.97 Å². The second-order valence-electron chi connectivity index (χ2n) is 5.93. The molecule has 0 atom stereocenters. The summed E-state index contributed by atoms with van der Waals surface area (Å²) < 4.78 is 5.26. The Balaban J connectivity index is 1.68. The van der Waals surface area contributed by atoms with Gasteiger partial charge in [-0.2, -0.15) is 0 Å². The molecule has 3 amide bonds. The van der Waals surface area contributed by atoms with Crippen LogP contribution in [-0.4, -0.2) is 35.6 Å². The third-order valence-electron chi connectivity index (χ3n) is 4.01. The van der Waals surface area contributed by atoms with Crippen LogP contribution in [0.25, 0.3) is 0 Å². The second-order valence-corrected chi connectivity index (χ2v) is 5.93. The number of urea groups is 1. The lowest BCUT2D eigenvalue weighted by atomic mass is 9.96. The van der Waals surface area contributed by atoms with Crippen molar-refractivity contribution in [2.45, 2.75) is 51.6 Å². The number of nitrogens with one attached hydrogen (secondary N) is 3. The Hall–Kier alpha value is -2.51. The van der Waals surface area contributed by atoms with E-state index in [4.69, 9.17) is 9.52 Å². The van der Waals surface area contributed by atoms with Crippen LogP contribution in [0.3, 0.4) is 0 Å². The average Bonchev–Trinajstić information content (AvgIpc) is 2.93. The number of aryl methyl sites for hydroxylation is 1. The Kier molecular flexibility index (Phi) is 6.22. The smallest absolute Gasteiger partial charge is 0.339 e. The minimum absolute atomic E-state index is 0.0683. The fourth-order valence-electron chi connectivity index (χ4n) is 2.74. The van der Waals surface area contributed by atoms with Gasteiger partial charge in [-0.15, -0.1) is 0 Å². The van der Waals surface area contributed by atoms with Gasteiger partial charge in [-0.05, 0) is 25.8 Å². The van der Waals surface area contributed by atoms with Crippen LogP contribution < -0.4 is 16.0 Å². The molecule has 0 bridgehead atoms. The largest absolute Gasteiger partial charge is 0.478 e. The third-order valence-corrected chi connectivity index (χ3v) is 4.01. The highest BCUT2D eigenvalue weighted by Gasteiger charge is 2.16. The van der Waals surface area contributed by atoms with Crippen molar-refractivity contribution in [2.24, 2.45) is 0 Å². The first-order chi connectivity index (χ1) is 11.5. The number of rotatable bonds is 6. The molecule has 1 aliphatic rings. The van der Waals surface area contributed by atoms with E-state index in [1.165, 1.54) is 12.5 Å². The predicted molar refractivity (Wildman–Crippen MR) is 85.7 cm³/mol. The summed E-state index contributed by atoms with van der Waals surface area (Å²) in [6.45, 7) is 1.47. The minimum Gasteiger partial charge on any atom is -0.478 e. The Labute approximate surface area is 140 Å². The average molecular weight is 337 g/mol. The van der Waals surface area contributed by atoms with E-state index in [1.807, 2.05) is 0 Å². The van der Waals surface area contributed by atoms with Crippen LogP contribution in [0.1, 0.15) is 54.0 Å². The molecular weight excluding hydrogens is 314 g/mol. The van der Waals surface area contributed by atoms with E-state index in [2.05, 4.69) is 16.0 Å². The molecule has 2 rings (SSSR count). The lowest BCUT2D eigenvalue weighted by Crippen LogP contribution is -2.46. The van der Waals surface area contributed by atoms with E-state index >= 15 is 0 Å². The zero-order chi connectivity index (χ0) is 17.5. The van der Waals surface area contributed by atoms with E-state index in [0.717, 1.165) is 25.7 Å². The summed E-state index contributed by atoms with van der Waals surface area (Å²) in [5.74, 6) is -0.809. The van der Waals surface area contributed by atoms with E-state index in [1.54, 1.807) is 6.92 Å². The molecular formula is C16H23N3O5. The molecule has 0 unspecified atom stereocenters. The summed E-state index contributed by atoms with van der Waals surface area (Å²) in [7, 11) is 0. The molecule has 0 radical (unpaired) electrons. The monoisotopic (exact) mass is 337 g/mol. The van der Waals surface area contributed by atoms with Gasteiger partial charge in [0.2, 0.25) is 5.91 Å². The van der Waals surface area contributed by atoms with Gasteiger partial charge in [0.05, 0.1) is 13.1 Å². The van der Waals surface area contributed by atoms with Crippen LogP contribution in [0.15, 0.2) is 10.5 Å². The van der Waals surface area contributed by atoms with Crippen molar-refractivity contribution in [1.82, 2.24) is 16.0 Å². The SMILES string of the molecule is Cc1oc(CNC(=O)CNC(=O)NC2CCCCC2)cc1C(=O)O. The van der Waals surface area contributed by atoms with Gasteiger partial charge in [0.15, 0.2) is 0 Å². The summed E-state index contributed by atoms with van der Waals surface area (Å²) >= 11 is 0. The lowest BCUT2D eigenvalue weighted by molar-refractivity contribution is -0.120. The van der Waals surface area contributed by atoms with Gasteiger partial charge in [-0.25, -0.2) is 9.59 Å². The molecule has 1 aliphatic carbocycles. The van der Waals surface area contributed by atoms with Crippen molar-refractivity contribution >= 4 is 17.9 Å². The molecule has 1 aromatic rings. The lowest BCUT2D eigenvalue weighted by Gasteiger charge is -2.22. The zero-order valence-electron chi connectivity index (χ0n) is 13.7. The van der Waals surface area contributed by atoms with E-state index in [9.17, 15) is 14.4 Å². The molecule has 1 fully saturated rings. The van der Waals surface area contributed by atoms with Crippen LogP contribution in [-0.2, 0) is 11.3 Å². The summed E-state index contributed by atoms with van der Waals surface area (Å²) in [5, 5.41) is 16.9. The number of carboxylic acids is 1. The molecule has 1 saturated carbocycles. The number of amides is 3. The maximum Gasteiger partial charge on any atom is 0.339 e. The molecule has 1 heterocycles. The third kappa shape index (κ3) is 5.29. The summed E-state index contributed by atoms with van der Waals surface area (Å²) in [5.41, 5.74) is 0.0734. The Morgan fingerprint density at radius 1 is 1.21 bits per heavy atom. The summed E-state index contributed by atoms with van der Waals surface area (Å²) in [4.78, 5) is 34.4. The maximum absolute atomic E-state index is 11.7. The number of aromatic carboxylic acids is 1. The molecule has 4 N–H and O–H groups in total. The molecule has 1 aromatic heterocycles. The highest BCUT2D eigenvalue weighted by atomic mass is 16.4. The summed E-state index contributed by atoms with van der Waals surface area (Å²) in [6.07, 6.45) is 5.39. The van der Waals surface area contributed by atoms with Gasteiger partial charge in [0, 0.05) is 6.04 Å². The fourth-order valence-corrected chi connectivity index (χ4v) is 2.74. The molecule has 132 valence electrons. The Morgan fingerprint density at radius 2 is 1.92 bits per heavy atom. The summed E-state index contributed by atoms with van der Waals surface area (Å²) in [6, 6.07) is 1.21. The van der Waals surface area contributed by atoms with Crippen molar-refractivity contribution in [3.8, 4) is 0 Å². The topological polar surface area (TPSA) is 121 Å². The molecule has 24 heavy (non-hydrogen) atoms. The van der Waals surface area contributed by atoms with Crippen molar-refractivity contribution in [1.29, 1.82) is 0 Å². The van der Waals surface area contributed by atoms with Crippen LogP contribution >= 0.6 is 0 Å². The zero-order valence-corrected chi connectivity index (χ0v) is 13.7. The van der Waals surface area contributed by atoms with E-state index in [-0.39, 0.29) is 42.4 Å². The molecule has 0 spiro atoms. The highest BCUT2D eigenvalue weighted by Crippen LogP contribution is 2.17. The van der Waals surface area contributed by atoms with Crippen LogP contribution in [0.4, 0.5) is 4.79 Å². The van der Waals surface area contributed by atoms with Crippen molar-refractivity contribution in [2.75, 3.05) is 6.54 Å². The van der Waals surface area contributed by atoms with Gasteiger partial charge in [-0.1, -0.05) is 19.3 Å². The number of carboxylic acid groups (broad SMARTS) is 1. The van der Waals surface area contributed by atoms with Crippen molar-refractivity contribution in [3.05, 3.63) is 23.2 Å². The van der Waals surface area contributed by atoms with Crippen LogP contribution in [0, 0.1) is 6.92 Å². The number of hydrogen-bond acceptors (Lipinski definition) is 4. The van der Waals surface area contributed by atoms with Crippen molar-refractivity contribution in [3.63, 3.8) is 0 Å². The van der Waals surface area contributed by atoms with Gasteiger partial charge in [0.25, 0.3) is 0 Å². The second kappa shape index (κ2) is 8.37. The van der Waals surface area contributed by atoms with Gasteiger partial charge in [-0.3, -0.25) is 4.79 Å². The van der Waals surface area contributed by atoms with Crippen LogP contribution in [0.2, 0.25) is 0 Å². The Morgan fingerprint density at radius 3 is 2.54 bits per heavy atom. The van der Waals surface area contributed by atoms with Gasteiger partial charge < -0.3 is 25.5 Å². The molecule has 8 nitrogen and oxygen atoms in total. The maximum atomic E-state index is 11.7. The number of carbonyl (C=O) groups is 3. The first-order valence-electron chi connectivity index (χ1n) is 8.09. The standard InChI is InChI=1S/C16H23N3O5/c1-10-13(15(21)22)7-12(24-10)8-17-14(20)9-18-16(23)19-11-5-3-2-4-6-11/h7,11H,2-6,8-9H2,1H3,(H,17,20)(H,21,22)(H2,18,19,23). The quantitative estimate of drug-likeness (QED) is 0.627. The van der Waals surface area contributed by atoms with E-state index in [0.29, 0.717) is 5.76 Å². The number of carbonyl (C=O) groups excluding carboxylic acids is 2. The van der Waals surface area contributed by atoms with Gasteiger partial charge >= 0.3 is 12.0 Å². The normalized spacial score (nSPS) is 14.9.